The summed E-state index contributed by atoms with van der Waals surface area (Å²) in [5.74, 6) is 0.969. The zero-order valence-electron chi connectivity index (χ0n) is 8.35. The molecule has 0 aliphatic carbocycles. The highest BCUT2D eigenvalue weighted by Gasteiger charge is 2.19. The first-order chi connectivity index (χ1) is 6.49. The molecule has 1 aromatic rings. The molecule has 0 heterocycles. The molecule has 1 atom stereocenters. The highest BCUT2D eigenvalue weighted by molar-refractivity contribution is 7.65. The Morgan fingerprint density at radius 1 is 1.29 bits per heavy atom. The van der Waals surface area contributed by atoms with Crippen LogP contribution in [0.5, 0.6) is 11.5 Å². The van der Waals surface area contributed by atoms with E-state index >= 15 is 0 Å². The first kappa shape index (κ1) is 11.1. The number of hydrogen-bond donors (Lipinski definition) is 1. The fourth-order valence-electron chi connectivity index (χ4n) is 1.13. The van der Waals surface area contributed by atoms with Gasteiger partial charge >= 0.3 is 0 Å². The molecule has 4 nitrogen and oxygen atoms in total. The van der Waals surface area contributed by atoms with Crippen molar-refractivity contribution in [2.75, 3.05) is 20.9 Å². The molecule has 1 rings (SSSR count). The van der Waals surface area contributed by atoms with Crippen molar-refractivity contribution < 1.29 is 18.9 Å². The Morgan fingerprint density at radius 3 is 2.36 bits per heavy atom. The fourth-order valence-corrected chi connectivity index (χ4v) is 2.04. The van der Waals surface area contributed by atoms with E-state index < -0.39 is 7.37 Å². The van der Waals surface area contributed by atoms with Crippen LogP contribution in [-0.4, -0.2) is 25.8 Å². The zero-order valence-corrected chi connectivity index (χ0v) is 9.25. The van der Waals surface area contributed by atoms with Gasteiger partial charge in [-0.15, -0.1) is 0 Å². The molecule has 14 heavy (non-hydrogen) atoms. The molecular weight excluding hydrogens is 203 g/mol. The minimum absolute atomic E-state index is 0.306. The number of methoxy groups -OCH3 is 2. The SMILES string of the molecule is COc1ccc(P(C)(=O)O)c(OC)c1. The van der Waals surface area contributed by atoms with Gasteiger partial charge < -0.3 is 14.4 Å². The van der Waals surface area contributed by atoms with Crippen LogP contribution in [0.2, 0.25) is 0 Å². The molecule has 5 heteroatoms. The Hall–Kier alpha value is -0.990. The molecule has 0 saturated carbocycles. The summed E-state index contributed by atoms with van der Waals surface area (Å²) in [6, 6.07) is 4.75. The maximum absolute atomic E-state index is 11.4. The summed E-state index contributed by atoms with van der Waals surface area (Å²) < 4.78 is 21.4. The summed E-state index contributed by atoms with van der Waals surface area (Å²) in [4.78, 5) is 9.40. The van der Waals surface area contributed by atoms with Crippen molar-refractivity contribution in [1.29, 1.82) is 0 Å². The van der Waals surface area contributed by atoms with Crippen LogP contribution in [0.3, 0.4) is 0 Å². The van der Waals surface area contributed by atoms with Gasteiger partial charge in [0.05, 0.1) is 19.5 Å². The molecule has 0 bridgehead atoms. The summed E-state index contributed by atoms with van der Waals surface area (Å²) in [5.41, 5.74) is 0. The van der Waals surface area contributed by atoms with Crippen molar-refractivity contribution in [3.05, 3.63) is 18.2 Å². The standard InChI is InChI=1S/C9H13O4P/c1-12-7-4-5-9(14(3,10)11)8(6-7)13-2/h4-6H,1-3H3,(H,10,11). The lowest BCUT2D eigenvalue weighted by Gasteiger charge is -2.12. The average Bonchev–Trinajstić information content (AvgIpc) is 2.15. The van der Waals surface area contributed by atoms with Crippen LogP contribution in [0.1, 0.15) is 0 Å². The normalized spacial score (nSPS) is 14.6. The predicted molar refractivity (Wildman–Crippen MR) is 54.9 cm³/mol. The van der Waals surface area contributed by atoms with Gasteiger partial charge in [0.2, 0.25) is 7.37 Å². The molecule has 1 N–H and O–H groups in total. The van der Waals surface area contributed by atoms with Gasteiger partial charge in [-0.05, 0) is 12.1 Å². The smallest absolute Gasteiger partial charge is 0.230 e. The molecule has 0 saturated heterocycles. The third-order valence-electron chi connectivity index (χ3n) is 1.83. The third kappa shape index (κ3) is 2.28. The van der Waals surface area contributed by atoms with Gasteiger partial charge in [0.1, 0.15) is 11.5 Å². The Kier molecular flexibility index (Phi) is 3.19. The van der Waals surface area contributed by atoms with E-state index in [2.05, 4.69) is 0 Å². The third-order valence-corrected chi connectivity index (χ3v) is 3.10. The summed E-state index contributed by atoms with van der Waals surface area (Å²) in [7, 11) is -0.304. The van der Waals surface area contributed by atoms with Crippen LogP contribution in [0.15, 0.2) is 18.2 Å². The lowest BCUT2D eigenvalue weighted by Crippen LogP contribution is -2.07. The number of hydrogen-bond acceptors (Lipinski definition) is 3. The molecule has 0 aliphatic heterocycles. The average molecular weight is 216 g/mol. The van der Waals surface area contributed by atoms with Crippen molar-refractivity contribution in [3.63, 3.8) is 0 Å². The minimum Gasteiger partial charge on any atom is -0.497 e. The number of rotatable bonds is 3. The predicted octanol–water partition coefficient (Wildman–Crippen LogP) is 1.23. The maximum atomic E-state index is 11.4. The first-order valence-electron chi connectivity index (χ1n) is 4.02. The van der Waals surface area contributed by atoms with Crippen LogP contribution in [0, 0.1) is 0 Å². The largest absolute Gasteiger partial charge is 0.497 e. The quantitative estimate of drug-likeness (QED) is 0.772. The Morgan fingerprint density at radius 2 is 1.93 bits per heavy atom. The van der Waals surface area contributed by atoms with E-state index in [1.165, 1.54) is 20.9 Å². The van der Waals surface area contributed by atoms with Crippen LogP contribution in [0.25, 0.3) is 0 Å². The van der Waals surface area contributed by atoms with Gasteiger partial charge in [-0.1, -0.05) is 0 Å². The van der Waals surface area contributed by atoms with Crippen LogP contribution >= 0.6 is 7.37 Å². The molecule has 0 amide bonds. The van der Waals surface area contributed by atoms with E-state index in [4.69, 9.17) is 9.47 Å². The van der Waals surface area contributed by atoms with Crippen molar-refractivity contribution in [1.82, 2.24) is 0 Å². The molecule has 0 aliphatic rings. The van der Waals surface area contributed by atoms with Crippen molar-refractivity contribution in [3.8, 4) is 11.5 Å². The molecular formula is C9H13O4P. The van der Waals surface area contributed by atoms with Crippen LogP contribution in [-0.2, 0) is 4.57 Å². The topological polar surface area (TPSA) is 55.8 Å². The summed E-state index contributed by atoms with van der Waals surface area (Å²) in [6.45, 7) is 1.28. The second-order valence-electron chi connectivity index (χ2n) is 2.92. The number of benzene rings is 1. The van der Waals surface area contributed by atoms with Crippen molar-refractivity contribution >= 4 is 12.7 Å². The van der Waals surface area contributed by atoms with Gasteiger partial charge in [-0.25, -0.2) is 0 Å². The van der Waals surface area contributed by atoms with Gasteiger partial charge in [0.15, 0.2) is 0 Å². The Balaban J connectivity index is 3.25. The Bertz CT molecular complexity index is 369. The van der Waals surface area contributed by atoms with E-state index in [9.17, 15) is 9.46 Å². The second kappa shape index (κ2) is 4.03. The lowest BCUT2D eigenvalue weighted by atomic mass is 10.3. The van der Waals surface area contributed by atoms with Gasteiger partial charge in [-0.2, -0.15) is 0 Å². The van der Waals surface area contributed by atoms with E-state index in [0.717, 1.165) is 0 Å². The highest BCUT2D eigenvalue weighted by Crippen LogP contribution is 2.38. The maximum Gasteiger partial charge on any atom is 0.230 e. The minimum atomic E-state index is -3.28. The molecule has 0 radical (unpaired) electrons. The molecule has 0 fully saturated rings. The van der Waals surface area contributed by atoms with Crippen molar-refractivity contribution in [2.45, 2.75) is 0 Å². The Labute approximate surface area is 82.9 Å². The van der Waals surface area contributed by atoms with E-state index in [0.29, 0.717) is 16.8 Å². The zero-order chi connectivity index (χ0) is 10.8. The first-order valence-corrected chi connectivity index (χ1v) is 6.12. The van der Waals surface area contributed by atoms with Gasteiger partial charge in [0.25, 0.3) is 0 Å². The van der Waals surface area contributed by atoms with E-state index in [1.807, 2.05) is 0 Å². The second-order valence-corrected chi connectivity index (χ2v) is 5.16. The fraction of sp³-hybridized carbons (Fsp3) is 0.333. The molecule has 0 spiro atoms. The van der Waals surface area contributed by atoms with Gasteiger partial charge in [-0.3, -0.25) is 4.57 Å². The monoisotopic (exact) mass is 216 g/mol. The molecule has 0 aromatic heterocycles. The van der Waals surface area contributed by atoms with Gasteiger partial charge in [0, 0.05) is 12.7 Å². The summed E-state index contributed by atoms with van der Waals surface area (Å²) in [5, 5.41) is 0.306. The number of ether oxygens (including phenoxy) is 2. The lowest BCUT2D eigenvalue weighted by molar-refractivity contribution is 0.395. The van der Waals surface area contributed by atoms with Crippen molar-refractivity contribution in [2.24, 2.45) is 0 Å². The van der Waals surface area contributed by atoms with Crippen LogP contribution < -0.4 is 14.8 Å². The summed E-state index contributed by atoms with van der Waals surface area (Å²) >= 11 is 0. The highest BCUT2D eigenvalue weighted by atomic mass is 31.2. The van der Waals surface area contributed by atoms with Crippen LogP contribution in [0.4, 0.5) is 0 Å². The molecule has 1 aromatic carbocycles. The molecule has 78 valence electrons. The van der Waals surface area contributed by atoms with E-state index in [-0.39, 0.29) is 0 Å². The molecule has 1 unspecified atom stereocenters. The van der Waals surface area contributed by atoms with E-state index in [1.54, 1.807) is 18.2 Å². The summed E-state index contributed by atoms with van der Waals surface area (Å²) in [6.07, 6.45) is 0.